The third-order valence-electron chi connectivity index (χ3n) is 6.19. The minimum absolute atomic E-state index is 0.0395. The predicted octanol–water partition coefficient (Wildman–Crippen LogP) is 5.43. The fourth-order valence-electron chi connectivity index (χ4n) is 4.44. The fraction of sp³-hybridized carbons (Fsp3) is 0.385. The first-order valence-corrected chi connectivity index (χ1v) is 12.4. The van der Waals surface area contributed by atoms with Crippen LogP contribution in [0.25, 0.3) is 6.08 Å². The van der Waals surface area contributed by atoms with E-state index in [4.69, 9.17) is 9.84 Å². The zero-order valence-corrected chi connectivity index (χ0v) is 19.6. The lowest BCUT2D eigenvalue weighted by molar-refractivity contribution is -0.137. The molecule has 7 heteroatoms. The van der Waals surface area contributed by atoms with Gasteiger partial charge in [-0.05, 0) is 54.7 Å². The van der Waals surface area contributed by atoms with E-state index in [0.717, 1.165) is 35.4 Å². The lowest BCUT2D eigenvalue weighted by Crippen LogP contribution is -2.48. The van der Waals surface area contributed by atoms with Gasteiger partial charge in [-0.15, -0.1) is 0 Å². The van der Waals surface area contributed by atoms with E-state index in [1.54, 1.807) is 23.9 Å². The average Bonchev–Trinajstić information content (AvgIpc) is 3.10. The molecule has 0 bridgehead atoms. The van der Waals surface area contributed by atoms with Gasteiger partial charge in [-0.2, -0.15) is 0 Å². The molecular weight excluding hydrogens is 436 g/mol. The van der Waals surface area contributed by atoms with Crippen LogP contribution in [0.3, 0.4) is 0 Å². The van der Waals surface area contributed by atoms with Gasteiger partial charge < -0.3 is 20.1 Å². The van der Waals surface area contributed by atoms with Gasteiger partial charge >= 0.3 is 5.97 Å². The van der Waals surface area contributed by atoms with Crippen molar-refractivity contribution in [2.24, 2.45) is 5.92 Å². The Bertz CT molecular complexity index is 993. The van der Waals surface area contributed by atoms with Crippen molar-refractivity contribution >= 4 is 35.4 Å². The molecule has 0 spiro atoms. The summed E-state index contributed by atoms with van der Waals surface area (Å²) in [6.45, 7) is 2.39. The molecule has 2 aliphatic rings. The molecule has 2 aromatic rings. The van der Waals surface area contributed by atoms with E-state index in [1.807, 2.05) is 48.5 Å². The number of hydrogen-bond donors (Lipinski definition) is 2. The van der Waals surface area contributed by atoms with Crippen LogP contribution < -0.4 is 10.1 Å². The molecule has 2 N–H and O–H groups in total. The Labute approximate surface area is 199 Å². The maximum Gasteiger partial charge on any atom is 0.306 e. The van der Waals surface area contributed by atoms with Gasteiger partial charge in [-0.1, -0.05) is 61.9 Å². The molecule has 1 saturated heterocycles. The molecule has 174 valence electrons. The Hall–Kier alpha value is -2.93. The number of rotatable bonds is 8. The van der Waals surface area contributed by atoms with Crippen molar-refractivity contribution < 1.29 is 19.4 Å². The van der Waals surface area contributed by atoms with Gasteiger partial charge in [-0.25, -0.2) is 0 Å². The summed E-state index contributed by atoms with van der Waals surface area (Å²) >= 11 is 1.56. The molecule has 6 nitrogen and oxygen atoms in total. The second-order valence-corrected chi connectivity index (χ2v) is 9.71. The number of hydrogen-bond acceptors (Lipinski definition) is 5. The molecule has 2 fully saturated rings. The molecule has 3 atom stereocenters. The summed E-state index contributed by atoms with van der Waals surface area (Å²) in [5.74, 6) is 0.285. The summed E-state index contributed by atoms with van der Waals surface area (Å²) < 4.78 is 5.46. The predicted molar refractivity (Wildman–Crippen MR) is 132 cm³/mol. The van der Waals surface area contributed by atoms with Crippen LogP contribution in [0.15, 0.2) is 59.5 Å². The van der Waals surface area contributed by atoms with Crippen LogP contribution in [-0.4, -0.2) is 40.0 Å². The number of carbonyl (C=O) groups excluding carboxylic acids is 1. The SMILES string of the molecule is C[C@H]1CCCC[C@@H]1N1C(=O)/C(=C/c2ccc(OCCC(=O)O)cc2)SC1Nc1ccccc1. The van der Waals surface area contributed by atoms with Crippen LogP contribution in [0.4, 0.5) is 5.69 Å². The first kappa shape index (κ1) is 23.2. The standard InChI is InChI=1S/C26H30N2O4S/c1-18-7-5-6-10-22(18)28-25(31)23(33-26(28)27-20-8-3-2-4-9-20)17-19-11-13-21(14-12-19)32-16-15-24(29)30/h2-4,8-9,11-14,17-18,22,26-27H,5-7,10,15-16H2,1H3,(H,29,30)/b23-17-/t18-,22-,26?/m0/s1. The molecule has 1 aliphatic heterocycles. The van der Waals surface area contributed by atoms with Crippen molar-refractivity contribution in [3.63, 3.8) is 0 Å². The van der Waals surface area contributed by atoms with E-state index in [-0.39, 0.29) is 30.5 Å². The molecule has 1 amide bonds. The fourth-order valence-corrected chi connectivity index (χ4v) is 5.65. The summed E-state index contributed by atoms with van der Waals surface area (Å²) in [6, 6.07) is 17.7. The van der Waals surface area contributed by atoms with Gasteiger partial charge in [0, 0.05) is 11.7 Å². The highest BCUT2D eigenvalue weighted by Gasteiger charge is 2.42. The minimum Gasteiger partial charge on any atom is -0.493 e. The van der Waals surface area contributed by atoms with Gasteiger partial charge in [0.05, 0.1) is 17.9 Å². The van der Waals surface area contributed by atoms with E-state index in [1.165, 1.54) is 6.42 Å². The lowest BCUT2D eigenvalue weighted by Gasteiger charge is -2.39. The molecule has 1 heterocycles. The van der Waals surface area contributed by atoms with Crippen LogP contribution >= 0.6 is 11.8 Å². The number of amides is 1. The van der Waals surface area contributed by atoms with E-state index < -0.39 is 5.97 Å². The average molecular weight is 467 g/mol. The second kappa shape index (κ2) is 10.8. The van der Waals surface area contributed by atoms with Crippen LogP contribution in [0.2, 0.25) is 0 Å². The normalized spacial score (nSPS) is 24.2. The van der Waals surface area contributed by atoms with Gasteiger partial charge in [-0.3, -0.25) is 9.59 Å². The number of ether oxygens (including phenoxy) is 1. The van der Waals surface area contributed by atoms with Crippen molar-refractivity contribution in [3.05, 3.63) is 65.1 Å². The smallest absolute Gasteiger partial charge is 0.306 e. The lowest BCUT2D eigenvalue weighted by atomic mass is 9.85. The number of nitrogens with one attached hydrogen (secondary N) is 1. The van der Waals surface area contributed by atoms with E-state index >= 15 is 0 Å². The largest absolute Gasteiger partial charge is 0.493 e. The minimum atomic E-state index is -0.886. The molecule has 1 saturated carbocycles. The highest BCUT2D eigenvalue weighted by Crippen LogP contribution is 2.42. The highest BCUT2D eigenvalue weighted by atomic mass is 32.2. The molecule has 4 rings (SSSR count). The molecule has 0 radical (unpaired) electrons. The van der Waals surface area contributed by atoms with Crippen LogP contribution in [0.5, 0.6) is 5.75 Å². The van der Waals surface area contributed by atoms with E-state index in [2.05, 4.69) is 17.1 Å². The van der Waals surface area contributed by atoms with Crippen molar-refractivity contribution in [1.82, 2.24) is 4.90 Å². The summed E-state index contributed by atoms with van der Waals surface area (Å²) in [4.78, 5) is 27.0. The molecule has 2 aromatic carbocycles. The van der Waals surface area contributed by atoms with Gasteiger partial charge in [0.2, 0.25) is 0 Å². The van der Waals surface area contributed by atoms with Crippen molar-refractivity contribution in [1.29, 1.82) is 0 Å². The Morgan fingerprint density at radius 2 is 1.88 bits per heavy atom. The number of thioether (sulfide) groups is 1. The third-order valence-corrected chi connectivity index (χ3v) is 7.30. The maximum atomic E-state index is 13.5. The third kappa shape index (κ3) is 5.90. The zero-order valence-electron chi connectivity index (χ0n) is 18.8. The van der Waals surface area contributed by atoms with E-state index in [9.17, 15) is 9.59 Å². The first-order valence-electron chi connectivity index (χ1n) is 11.5. The van der Waals surface area contributed by atoms with Crippen LogP contribution in [0.1, 0.15) is 44.6 Å². The molecular formula is C26H30N2O4S. The van der Waals surface area contributed by atoms with Gasteiger partial charge in [0.15, 0.2) is 5.50 Å². The zero-order chi connectivity index (χ0) is 23.2. The number of carboxylic acids is 1. The molecule has 0 aromatic heterocycles. The van der Waals surface area contributed by atoms with Gasteiger partial charge in [0.1, 0.15) is 5.75 Å². The summed E-state index contributed by atoms with van der Waals surface area (Å²) in [6.07, 6.45) is 6.47. The van der Waals surface area contributed by atoms with E-state index in [0.29, 0.717) is 11.7 Å². The number of carbonyl (C=O) groups is 2. The first-order chi connectivity index (χ1) is 16.0. The number of carboxylic acid groups (broad SMARTS) is 1. The van der Waals surface area contributed by atoms with Gasteiger partial charge in [0.25, 0.3) is 5.91 Å². The molecule has 33 heavy (non-hydrogen) atoms. The maximum absolute atomic E-state index is 13.5. The topological polar surface area (TPSA) is 78.9 Å². The number of nitrogens with zero attached hydrogens (tertiary/aromatic N) is 1. The Morgan fingerprint density at radius 3 is 2.58 bits per heavy atom. The van der Waals surface area contributed by atoms with Crippen LogP contribution in [-0.2, 0) is 9.59 Å². The monoisotopic (exact) mass is 466 g/mol. The quantitative estimate of drug-likeness (QED) is 0.505. The summed E-state index contributed by atoms with van der Waals surface area (Å²) in [7, 11) is 0. The molecule has 1 aliphatic carbocycles. The van der Waals surface area contributed by atoms with Crippen molar-refractivity contribution in [2.75, 3.05) is 11.9 Å². The summed E-state index contributed by atoms with van der Waals surface area (Å²) in [5, 5.41) is 12.3. The molecule has 1 unspecified atom stereocenters. The van der Waals surface area contributed by atoms with Crippen molar-refractivity contribution in [3.8, 4) is 5.75 Å². The number of para-hydroxylation sites is 1. The number of anilines is 1. The van der Waals surface area contributed by atoms with Crippen molar-refractivity contribution in [2.45, 2.75) is 50.6 Å². The Balaban J connectivity index is 1.52. The van der Waals surface area contributed by atoms with Crippen LogP contribution in [0, 0.1) is 5.92 Å². The second-order valence-electron chi connectivity index (χ2n) is 8.59. The Kier molecular flexibility index (Phi) is 7.60. The number of aliphatic carboxylic acids is 1. The Morgan fingerprint density at radius 1 is 1.15 bits per heavy atom. The number of benzene rings is 2. The highest BCUT2D eigenvalue weighted by molar-refractivity contribution is 8.05. The summed E-state index contributed by atoms with van der Waals surface area (Å²) in [5.41, 5.74) is 1.77.